The van der Waals surface area contributed by atoms with E-state index in [1.807, 2.05) is 54.1 Å². The van der Waals surface area contributed by atoms with E-state index in [2.05, 4.69) is 408 Å². The van der Waals surface area contributed by atoms with Gasteiger partial charge in [0.2, 0.25) is 0 Å². The number of rotatable bonds is 6. The smallest absolute Gasteiger partial charge is 0.187 e. The summed E-state index contributed by atoms with van der Waals surface area (Å²) in [5, 5.41) is 2.72. The van der Waals surface area contributed by atoms with Crippen molar-refractivity contribution in [3.05, 3.63) is 304 Å². The summed E-state index contributed by atoms with van der Waals surface area (Å²) in [7, 11) is 12.8. The maximum Gasteiger partial charge on any atom is 0.187 e. The first-order valence-corrected chi connectivity index (χ1v) is 38.9. The number of allylic oxidation sites excluding steroid dienone is 3. The van der Waals surface area contributed by atoms with Gasteiger partial charge >= 0.3 is 0 Å². The normalized spacial score (nSPS) is 18.5. The average Bonchev–Trinajstić information content (AvgIpc) is 1.60. The second-order valence-corrected chi connectivity index (χ2v) is 30.8. The molecule has 0 fully saturated rings. The lowest BCUT2D eigenvalue weighted by atomic mass is 10.1. The summed E-state index contributed by atoms with van der Waals surface area (Å²) < 4.78 is 2.73. The fraction of sp³-hybridized carbons (Fsp3) is 0.287. The summed E-state index contributed by atoms with van der Waals surface area (Å²) in [6.45, 7) is 46.6. The number of aromatic nitrogens is 1. The minimum atomic E-state index is 0.268. The van der Waals surface area contributed by atoms with Crippen LogP contribution in [0.3, 0.4) is 0 Å². The van der Waals surface area contributed by atoms with Gasteiger partial charge in [-0.25, -0.2) is 9.69 Å². The van der Waals surface area contributed by atoms with Crippen molar-refractivity contribution in [2.45, 2.75) is 141 Å². The van der Waals surface area contributed by atoms with Gasteiger partial charge in [0, 0.05) is 145 Å². The minimum absolute atomic E-state index is 0.268. The van der Waals surface area contributed by atoms with Crippen LogP contribution in [0, 0.1) is 54.7 Å². The van der Waals surface area contributed by atoms with E-state index in [9.17, 15) is 0 Å². The molecule has 6 aliphatic heterocycles. The van der Waals surface area contributed by atoms with Crippen molar-refractivity contribution < 1.29 is 0 Å². The largest absolute Gasteiger partial charge is 0.357 e. The molecule has 17 rings (SSSR count). The monoisotopic (exact) mass is 1480 g/mol. The van der Waals surface area contributed by atoms with Crippen LogP contribution in [-0.2, 0) is 0 Å². The van der Waals surface area contributed by atoms with E-state index in [-0.39, 0.29) is 6.17 Å². The molecule has 0 bridgehead atoms. The predicted octanol–water partition coefficient (Wildman–Crippen LogP) is 23.5. The van der Waals surface area contributed by atoms with Gasteiger partial charge in [-0.2, -0.15) is 0 Å². The molecule has 6 unspecified atom stereocenters. The van der Waals surface area contributed by atoms with Gasteiger partial charge in [0.25, 0.3) is 0 Å². The fourth-order valence-corrected chi connectivity index (χ4v) is 16.8. The summed E-state index contributed by atoms with van der Waals surface area (Å²) in [6, 6.07) is 70.0. The average molecular weight is 1480 g/mol. The maximum absolute atomic E-state index is 7.11. The highest BCUT2D eigenvalue weighted by Crippen LogP contribution is 2.49. The highest BCUT2D eigenvalue weighted by Gasteiger charge is 2.36. The van der Waals surface area contributed by atoms with Gasteiger partial charge in [-0.3, -0.25) is 4.98 Å². The molecule has 0 radical (unpaired) electrons. The SMILES string of the molecule is CC1=CN(c2ccccc2C)C(C)N1C.CC1=CN(c2ccncc2C)C(C)N1C.Cc1cc2sc3ccccc3c2cc1N1c2ccccc2N(C)C1C.Cc1ccccc1N1c2ccccc2N(C)C1C.[C-]#[N+]c1ccc(N2C=C(C)N(C)C2C)c(C)c1.[C-]#[N+]c1ccc(N2c3ccccc3N(C)C2C)c(C)c1. The van der Waals surface area contributed by atoms with Crippen LogP contribution in [0.25, 0.3) is 29.9 Å². The number of thiophene rings is 1. The zero-order chi connectivity index (χ0) is 78.7. The van der Waals surface area contributed by atoms with Crippen molar-refractivity contribution >= 4 is 111 Å². The van der Waals surface area contributed by atoms with Gasteiger partial charge in [0.1, 0.15) is 37.0 Å². The molecule has 0 amide bonds. The molecule has 0 saturated carbocycles. The molecule has 9 aromatic carbocycles. The highest BCUT2D eigenvalue weighted by molar-refractivity contribution is 7.25. The Bertz CT molecular complexity index is 5270. The Hall–Kier alpha value is -11.9. The van der Waals surface area contributed by atoms with Crippen molar-refractivity contribution in [1.82, 2.24) is 19.7 Å². The topological polar surface area (TPSA) is 60.5 Å². The van der Waals surface area contributed by atoms with Gasteiger partial charge in [0.05, 0.1) is 47.3 Å². The summed E-state index contributed by atoms with van der Waals surface area (Å²) >= 11 is 1.89. The van der Waals surface area contributed by atoms with Crippen molar-refractivity contribution in [3.63, 3.8) is 0 Å². The molecule has 8 heterocycles. The number of fused-ring (bicyclic) bond motifs is 6. The Labute approximate surface area is 658 Å². The molecule has 15 nitrogen and oxygen atoms in total. The number of pyridine rings is 1. The van der Waals surface area contributed by atoms with Crippen LogP contribution in [0.2, 0.25) is 0 Å². The lowest BCUT2D eigenvalue weighted by Gasteiger charge is -2.29. The molecule has 0 spiro atoms. The van der Waals surface area contributed by atoms with Gasteiger partial charge in [-0.15, -0.1) is 11.3 Å². The van der Waals surface area contributed by atoms with E-state index >= 15 is 0 Å². The Balaban J connectivity index is 0.000000124. The van der Waals surface area contributed by atoms with Crippen molar-refractivity contribution in [2.75, 3.05) is 86.4 Å². The maximum atomic E-state index is 7.11. The zero-order valence-corrected chi connectivity index (χ0v) is 68.8. The van der Waals surface area contributed by atoms with Crippen molar-refractivity contribution in [2.24, 2.45) is 0 Å². The van der Waals surface area contributed by atoms with E-state index in [0.29, 0.717) is 42.2 Å². The summed E-state index contributed by atoms with van der Waals surface area (Å²) in [6.07, 6.45) is 12.3. The summed E-state index contributed by atoms with van der Waals surface area (Å²) in [5.41, 5.74) is 27.8. The molecule has 564 valence electrons. The Kier molecular flexibility index (Phi) is 23.3. The van der Waals surface area contributed by atoms with Crippen LogP contribution in [-0.4, -0.2) is 99.0 Å². The van der Waals surface area contributed by atoms with Crippen LogP contribution >= 0.6 is 11.3 Å². The van der Waals surface area contributed by atoms with Gasteiger partial charge < -0.3 is 58.8 Å². The third-order valence-electron chi connectivity index (χ3n) is 23.1. The Morgan fingerprint density at radius 2 is 0.627 bits per heavy atom. The molecule has 2 aromatic heterocycles. The van der Waals surface area contributed by atoms with E-state index in [1.54, 1.807) is 0 Å². The second-order valence-electron chi connectivity index (χ2n) is 29.7. The molecule has 0 saturated heterocycles. The number of anilines is 12. The van der Waals surface area contributed by atoms with Crippen molar-refractivity contribution in [1.29, 1.82) is 0 Å². The third-order valence-corrected chi connectivity index (χ3v) is 24.2. The molecule has 16 heteroatoms. The number of para-hydroxylation sites is 8. The quantitative estimate of drug-likeness (QED) is 0.149. The number of benzene rings is 9. The van der Waals surface area contributed by atoms with Crippen LogP contribution in [0.5, 0.6) is 0 Å². The molecular weight excluding hydrogens is 1370 g/mol. The van der Waals surface area contributed by atoms with Crippen LogP contribution in [0.1, 0.15) is 95.7 Å². The van der Waals surface area contributed by atoms with E-state index in [4.69, 9.17) is 13.1 Å². The molecule has 6 aliphatic rings. The zero-order valence-electron chi connectivity index (χ0n) is 68.0. The first kappa shape index (κ1) is 77.8. The van der Waals surface area contributed by atoms with E-state index in [1.165, 1.54) is 128 Å². The number of nitrogens with zero attached hydrogens (tertiary/aromatic N) is 15. The van der Waals surface area contributed by atoms with Gasteiger partial charge in [-0.05, 0) is 222 Å². The highest BCUT2D eigenvalue weighted by atomic mass is 32.1. The molecule has 6 atom stereocenters. The number of hydrogen-bond acceptors (Lipinski definition) is 14. The summed E-state index contributed by atoms with van der Waals surface area (Å²) in [4.78, 5) is 38.9. The first-order valence-electron chi connectivity index (χ1n) is 38.1. The number of aryl methyl sites for hydroxylation is 6. The predicted molar refractivity (Wildman–Crippen MR) is 470 cm³/mol. The Morgan fingerprint density at radius 3 is 1.02 bits per heavy atom. The van der Waals surface area contributed by atoms with Gasteiger partial charge in [0.15, 0.2) is 11.4 Å². The van der Waals surface area contributed by atoms with E-state index in [0.717, 1.165) is 11.1 Å². The lowest BCUT2D eigenvalue weighted by Crippen LogP contribution is -2.35. The standard InChI is InChI=1S/C22H20N2S.C17H17N3.C16H18N2.C14H17N3.C13H18N2.C12H17N3/c1-14-12-22-17(16-8-4-7-11-21(16)25-22)13-20(14)24-15(2)23(3)18-9-5-6-10-19(18)24;1-12-11-14(18-3)9-10-15(12)20-13(2)19(4)16-7-5-6-8-17(16)20;1-12-8-4-5-9-14(12)18-13(2)17(3)15-10-6-7-11-16(15)18;1-10-8-13(15-4)6-7-14(10)17-9-11(2)16(5)12(17)3;1-10-7-5-6-8-13(10)15-9-11(2)14(4)12(15)3;1-9-7-13-6-5-12(9)15-8-10(2)14(4)11(15)3/h4-13,15H,1-3H3;5-11,13H,1-2,4H3;4-11,13H,1-3H3;6-9,12H,1-3,5H3;5-9,12H,1-4H3;5-8,11H,1-4H3. The molecular formula is C94H107N15S. The fourth-order valence-electron chi connectivity index (χ4n) is 15.6. The molecule has 0 N–H and O–H groups in total. The number of hydrogen-bond donors (Lipinski definition) is 0. The first-order chi connectivity index (χ1) is 52.7. The summed E-state index contributed by atoms with van der Waals surface area (Å²) in [5.74, 6) is 0. The Morgan fingerprint density at radius 1 is 0.291 bits per heavy atom. The second kappa shape index (κ2) is 32.9. The van der Waals surface area contributed by atoms with Crippen LogP contribution in [0.15, 0.2) is 248 Å². The van der Waals surface area contributed by atoms with E-state index < -0.39 is 0 Å². The molecule has 110 heavy (non-hydrogen) atoms. The van der Waals surface area contributed by atoms with Crippen molar-refractivity contribution in [3.8, 4) is 0 Å². The lowest BCUT2D eigenvalue weighted by molar-refractivity contribution is 0.357. The minimum Gasteiger partial charge on any atom is -0.357 e. The van der Waals surface area contributed by atoms with Gasteiger partial charge in [-0.1, -0.05) is 115 Å². The molecule has 0 aliphatic carbocycles. The third kappa shape index (κ3) is 15.2. The van der Waals surface area contributed by atoms with Crippen LogP contribution < -0.4 is 44.1 Å². The van der Waals surface area contributed by atoms with Crippen LogP contribution in [0.4, 0.5) is 79.6 Å². The molecule has 11 aromatic rings.